The molecule has 1 aliphatic heterocycles. The number of amidine groups is 1. The zero-order valence-corrected chi connectivity index (χ0v) is 18.0. The van der Waals surface area contributed by atoms with Gasteiger partial charge in [-0.05, 0) is 42.9 Å². The molecule has 1 heterocycles. The fraction of sp³-hybridized carbons (Fsp3) is 0.261. The number of aliphatic hydroxyl groups excluding tert-OH is 1. The van der Waals surface area contributed by atoms with Crippen LogP contribution in [0.4, 0.5) is 0 Å². The van der Waals surface area contributed by atoms with E-state index in [-0.39, 0.29) is 29.9 Å². The molecule has 0 saturated heterocycles. The highest BCUT2D eigenvalue weighted by Gasteiger charge is 2.20. The molecule has 2 aromatic carbocycles. The number of nitrogens with zero attached hydrogens (tertiary/aromatic N) is 3. The molecule has 0 bridgehead atoms. The maximum Gasteiger partial charge on any atom is 0.245 e. The fourth-order valence-electron chi connectivity index (χ4n) is 2.98. The minimum atomic E-state index is -0.106. The van der Waals surface area contributed by atoms with Crippen molar-refractivity contribution in [3.8, 4) is 0 Å². The highest BCUT2D eigenvalue weighted by Crippen LogP contribution is 2.17. The number of rotatable bonds is 7. The van der Waals surface area contributed by atoms with Crippen molar-refractivity contribution in [3.05, 3.63) is 82.4 Å². The van der Waals surface area contributed by atoms with Gasteiger partial charge in [-0.3, -0.25) is 5.41 Å². The lowest BCUT2D eigenvalue weighted by molar-refractivity contribution is 0.282. The first-order valence-electron chi connectivity index (χ1n) is 9.95. The van der Waals surface area contributed by atoms with Crippen molar-refractivity contribution in [1.82, 2.24) is 10.3 Å². The number of hydrogen-bond donors (Lipinski definition) is 4. The molecule has 0 aromatic heterocycles. The van der Waals surface area contributed by atoms with E-state index in [1.165, 1.54) is 5.56 Å². The third kappa shape index (κ3) is 5.78. The Balaban J connectivity index is 1.61. The van der Waals surface area contributed by atoms with E-state index in [2.05, 4.69) is 44.7 Å². The molecular formula is C23H28N6O2. The second kappa shape index (κ2) is 10.0. The van der Waals surface area contributed by atoms with Crippen LogP contribution in [0.5, 0.6) is 0 Å². The van der Waals surface area contributed by atoms with Crippen LogP contribution in [0, 0.1) is 5.41 Å². The maximum atomic E-state index is 9.14. The largest absolute Gasteiger partial charge is 0.417 e. The Morgan fingerprint density at radius 2 is 1.84 bits per heavy atom. The molecule has 8 nitrogen and oxygen atoms in total. The number of ether oxygens (including phenoxy) is 1. The smallest absolute Gasteiger partial charge is 0.245 e. The highest BCUT2D eigenvalue weighted by atomic mass is 16.5. The second-order valence-electron chi connectivity index (χ2n) is 7.62. The van der Waals surface area contributed by atoms with Gasteiger partial charge in [-0.2, -0.15) is 0 Å². The summed E-state index contributed by atoms with van der Waals surface area (Å²) < 4.78 is 5.65. The van der Waals surface area contributed by atoms with Crippen LogP contribution in [0.3, 0.4) is 0 Å². The highest BCUT2D eigenvalue weighted by molar-refractivity contribution is 6.02. The standard InChI is InChI=1S/C23H28N6O2/c1-15(18-8-4-16(5-9-18)13-29(2)3)12-26-21(25)20(24)23-28-27-22(31-23)19-10-6-17(14-30)7-11-19/h4-12,15,25,28,30H,13-14,24H2,1-3H3. The van der Waals surface area contributed by atoms with Crippen LogP contribution in [0.1, 0.15) is 35.1 Å². The van der Waals surface area contributed by atoms with Gasteiger partial charge in [-0.25, -0.2) is 10.4 Å². The predicted molar refractivity (Wildman–Crippen MR) is 123 cm³/mol. The van der Waals surface area contributed by atoms with E-state index in [9.17, 15) is 0 Å². The van der Waals surface area contributed by atoms with Crippen molar-refractivity contribution >= 4 is 17.9 Å². The quantitative estimate of drug-likeness (QED) is 0.405. The number of aliphatic hydroxyl groups is 1. The van der Waals surface area contributed by atoms with E-state index in [1.54, 1.807) is 30.5 Å². The van der Waals surface area contributed by atoms with Crippen LogP contribution in [-0.4, -0.2) is 42.0 Å². The van der Waals surface area contributed by atoms with E-state index >= 15 is 0 Å². The maximum absolute atomic E-state index is 9.14. The summed E-state index contributed by atoms with van der Waals surface area (Å²) in [6.07, 6.45) is 1.70. The molecule has 0 fully saturated rings. The van der Waals surface area contributed by atoms with Crippen LogP contribution >= 0.6 is 0 Å². The Morgan fingerprint density at radius 1 is 1.19 bits per heavy atom. The monoisotopic (exact) mass is 420 g/mol. The molecular weight excluding hydrogens is 392 g/mol. The lowest BCUT2D eigenvalue weighted by Crippen LogP contribution is -2.18. The first-order chi connectivity index (χ1) is 14.9. The molecule has 0 radical (unpaired) electrons. The van der Waals surface area contributed by atoms with Gasteiger partial charge >= 0.3 is 0 Å². The third-order valence-corrected chi connectivity index (χ3v) is 4.77. The lowest BCUT2D eigenvalue weighted by Gasteiger charge is -2.11. The minimum Gasteiger partial charge on any atom is -0.417 e. The number of hydrazone groups is 1. The molecule has 0 aliphatic carbocycles. The summed E-state index contributed by atoms with van der Waals surface area (Å²) in [5.41, 5.74) is 12.7. The minimum absolute atomic E-state index is 0.0286. The molecule has 31 heavy (non-hydrogen) atoms. The molecule has 1 aliphatic rings. The molecule has 2 aromatic rings. The van der Waals surface area contributed by atoms with E-state index in [1.807, 2.05) is 21.0 Å². The van der Waals surface area contributed by atoms with E-state index in [4.69, 9.17) is 21.0 Å². The molecule has 0 saturated carbocycles. The average Bonchev–Trinajstić information content (AvgIpc) is 3.27. The number of hydrogen-bond acceptors (Lipinski definition) is 7. The van der Waals surface area contributed by atoms with Crippen LogP contribution in [0.15, 0.2) is 70.2 Å². The van der Waals surface area contributed by atoms with Gasteiger partial charge in [0.1, 0.15) is 5.70 Å². The van der Waals surface area contributed by atoms with Crippen molar-refractivity contribution < 1.29 is 9.84 Å². The molecule has 0 amide bonds. The van der Waals surface area contributed by atoms with E-state index < -0.39 is 0 Å². The van der Waals surface area contributed by atoms with Gasteiger partial charge in [0.25, 0.3) is 0 Å². The van der Waals surface area contributed by atoms with Gasteiger partial charge in [0.05, 0.1) is 6.61 Å². The third-order valence-electron chi connectivity index (χ3n) is 4.77. The number of benzene rings is 2. The first-order valence-corrected chi connectivity index (χ1v) is 9.95. The summed E-state index contributed by atoms with van der Waals surface area (Å²) >= 11 is 0. The Kier molecular flexibility index (Phi) is 7.17. The Hall–Kier alpha value is -3.49. The van der Waals surface area contributed by atoms with Gasteiger partial charge < -0.3 is 20.5 Å². The normalized spacial score (nSPS) is 16.1. The van der Waals surface area contributed by atoms with Crippen LogP contribution < -0.4 is 11.2 Å². The molecule has 3 rings (SSSR count). The van der Waals surface area contributed by atoms with Crippen molar-refractivity contribution in [2.75, 3.05) is 14.1 Å². The summed E-state index contributed by atoms with van der Waals surface area (Å²) in [4.78, 5) is 6.33. The lowest BCUT2D eigenvalue weighted by atomic mass is 10.0. The summed E-state index contributed by atoms with van der Waals surface area (Å²) in [7, 11) is 4.08. The van der Waals surface area contributed by atoms with Gasteiger partial charge in [-0.1, -0.05) is 43.3 Å². The summed E-state index contributed by atoms with van der Waals surface area (Å²) in [5.74, 6) is 0.431. The van der Waals surface area contributed by atoms with Gasteiger partial charge in [0.2, 0.25) is 11.8 Å². The SMILES string of the molecule is CC(C=NC(=N)C(N)=C1NN=C(c2ccc(CO)cc2)O1)c1ccc(CN(C)C)cc1. The van der Waals surface area contributed by atoms with Crippen LogP contribution in [0.25, 0.3) is 0 Å². The van der Waals surface area contributed by atoms with E-state index in [0.29, 0.717) is 5.90 Å². The molecule has 8 heteroatoms. The van der Waals surface area contributed by atoms with Gasteiger partial charge in [0.15, 0.2) is 5.84 Å². The van der Waals surface area contributed by atoms with Gasteiger partial charge in [0, 0.05) is 24.2 Å². The predicted octanol–water partition coefficient (Wildman–Crippen LogP) is 2.50. The summed E-state index contributed by atoms with van der Waals surface area (Å²) in [5, 5.41) is 21.4. The number of nitrogens with two attached hydrogens (primary N) is 1. The Labute approximate surface area is 182 Å². The Bertz CT molecular complexity index is 1010. The molecule has 5 N–H and O–H groups in total. The van der Waals surface area contributed by atoms with Gasteiger partial charge in [-0.15, -0.1) is 5.10 Å². The molecule has 1 unspecified atom stereocenters. The molecule has 1 atom stereocenters. The molecule has 162 valence electrons. The van der Waals surface area contributed by atoms with Crippen molar-refractivity contribution in [2.45, 2.75) is 26.0 Å². The zero-order valence-electron chi connectivity index (χ0n) is 18.0. The fourth-order valence-corrected chi connectivity index (χ4v) is 2.98. The number of aliphatic imine (C=N–C) groups is 1. The zero-order chi connectivity index (χ0) is 22.4. The van der Waals surface area contributed by atoms with Crippen molar-refractivity contribution in [2.24, 2.45) is 15.8 Å². The molecule has 0 spiro atoms. The van der Waals surface area contributed by atoms with Crippen LogP contribution in [-0.2, 0) is 17.9 Å². The first kappa shape index (κ1) is 22.2. The Morgan fingerprint density at radius 3 is 2.45 bits per heavy atom. The average molecular weight is 421 g/mol. The second-order valence-corrected chi connectivity index (χ2v) is 7.62. The number of nitrogens with one attached hydrogen (secondary N) is 2. The van der Waals surface area contributed by atoms with E-state index in [0.717, 1.165) is 23.2 Å². The van der Waals surface area contributed by atoms with Crippen molar-refractivity contribution in [3.63, 3.8) is 0 Å². The topological polar surface area (TPSA) is 119 Å². The summed E-state index contributed by atoms with van der Waals surface area (Å²) in [6, 6.07) is 15.5. The van der Waals surface area contributed by atoms with Crippen molar-refractivity contribution in [1.29, 1.82) is 5.41 Å². The van der Waals surface area contributed by atoms with Crippen LogP contribution in [0.2, 0.25) is 0 Å². The summed E-state index contributed by atoms with van der Waals surface area (Å²) in [6.45, 7) is 2.88.